The Bertz CT molecular complexity index is 988. The van der Waals surface area contributed by atoms with E-state index in [4.69, 9.17) is 4.84 Å². The summed E-state index contributed by atoms with van der Waals surface area (Å²) in [5.74, 6) is -2.00. The quantitative estimate of drug-likeness (QED) is 0.689. The fourth-order valence-electron chi connectivity index (χ4n) is 2.84. The third-order valence-corrected chi connectivity index (χ3v) is 4.02. The van der Waals surface area contributed by atoms with Gasteiger partial charge in [0.2, 0.25) is 0 Å². The number of carbonyl (C=O) groups is 3. The average molecular weight is 332 g/mol. The van der Waals surface area contributed by atoms with E-state index >= 15 is 0 Å². The molecule has 6 nitrogen and oxygen atoms in total. The lowest BCUT2D eigenvalue weighted by Gasteiger charge is -2.13. The van der Waals surface area contributed by atoms with Crippen molar-refractivity contribution >= 4 is 28.6 Å². The van der Waals surface area contributed by atoms with Gasteiger partial charge < -0.3 is 4.84 Å². The summed E-state index contributed by atoms with van der Waals surface area (Å²) in [6.45, 7) is 0. The number of aromatic nitrogens is 1. The van der Waals surface area contributed by atoms with Gasteiger partial charge in [-0.15, -0.1) is 0 Å². The van der Waals surface area contributed by atoms with E-state index in [2.05, 4.69) is 4.98 Å². The van der Waals surface area contributed by atoms with Crippen molar-refractivity contribution in [1.82, 2.24) is 10.0 Å². The average Bonchev–Trinajstić information content (AvgIpc) is 2.87. The lowest BCUT2D eigenvalue weighted by molar-refractivity contribution is -0.167. The summed E-state index contributed by atoms with van der Waals surface area (Å²) in [4.78, 5) is 45.9. The highest BCUT2D eigenvalue weighted by Gasteiger charge is 2.38. The summed E-state index contributed by atoms with van der Waals surface area (Å²) in [5.41, 5.74) is 0.979. The van der Waals surface area contributed by atoms with Gasteiger partial charge in [0.1, 0.15) is 0 Å². The van der Waals surface area contributed by atoms with Crippen LogP contribution in [0.15, 0.2) is 60.8 Å². The van der Waals surface area contributed by atoms with E-state index < -0.39 is 17.8 Å². The van der Waals surface area contributed by atoms with Crippen molar-refractivity contribution in [2.24, 2.45) is 0 Å². The van der Waals surface area contributed by atoms with Crippen LogP contribution in [0.2, 0.25) is 0 Å². The topological polar surface area (TPSA) is 76.6 Å². The molecular weight excluding hydrogens is 320 g/mol. The molecule has 2 heterocycles. The van der Waals surface area contributed by atoms with Crippen LogP contribution in [0.3, 0.4) is 0 Å². The Morgan fingerprint density at radius 1 is 0.920 bits per heavy atom. The third kappa shape index (κ3) is 2.53. The first kappa shape index (κ1) is 15.0. The van der Waals surface area contributed by atoms with Crippen LogP contribution in [-0.2, 0) is 16.1 Å². The Hall–Kier alpha value is -3.54. The van der Waals surface area contributed by atoms with Gasteiger partial charge in [-0.1, -0.05) is 41.5 Å². The number of hydrogen-bond donors (Lipinski definition) is 0. The van der Waals surface area contributed by atoms with Crippen molar-refractivity contribution in [3.63, 3.8) is 0 Å². The molecule has 1 aliphatic heterocycles. The largest absolute Gasteiger partial charge is 0.339 e. The van der Waals surface area contributed by atoms with Crippen LogP contribution in [-0.4, -0.2) is 27.8 Å². The molecule has 0 unspecified atom stereocenters. The maximum atomic E-state index is 12.2. The number of amides is 2. The second kappa shape index (κ2) is 5.83. The summed E-state index contributed by atoms with van der Waals surface area (Å²) >= 11 is 0. The number of nitrogens with zero attached hydrogens (tertiary/aromatic N) is 2. The molecule has 4 rings (SSSR count). The lowest BCUT2D eigenvalue weighted by Crippen LogP contribution is -2.33. The third-order valence-electron chi connectivity index (χ3n) is 4.02. The number of benzene rings is 2. The second-order valence-electron chi connectivity index (χ2n) is 5.57. The number of pyridine rings is 1. The van der Waals surface area contributed by atoms with Crippen molar-refractivity contribution in [3.05, 3.63) is 77.6 Å². The molecule has 0 spiro atoms. The zero-order valence-corrected chi connectivity index (χ0v) is 13.0. The molecule has 2 aromatic carbocycles. The van der Waals surface area contributed by atoms with Crippen LogP contribution in [0.4, 0.5) is 0 Å². The minimum absolute atomic E-state index is 0.144. The highest BCUT2D eigenvalue weighted by Crippen LogP contribution is 2.23. The first-order valence-electron chi connectivity index (χ1n) is 7.66. The maximum Gasteiger partial charge on any atom is 0.339 e. The van der Waals surface area contributed by atoms with E-state index in [1.807, 2.05) is 30.3 Å². The van der Waals surface area contributed by atoms with Gasteiger partial charge in [0.25, 0.3) is 11.8 Å². The van der Waals surface area contributed by atoms with E-state index in [1.165, 1.54) is 12.1 Å². The number of hydrogen-bond acceptors (Lipinski definition) is 5. The van der Waals surface area contributed by atoms with Crippen LogP contribution in [0, 0.1) is 0 Å². The van der Waals surface area contributed by atoms with Crippen molar-refractivity contribution in [1.29, 1.82) is 0 Å². The fourth-order valence-corrected chi connectivity index (χ4v) is 2.84. The van der Waals surface area contributed by atoms with Crippen molar-refractivity contribution in [2.75, 3.05) is 0 Å². The van der Waals surface area contributed by atoms with E-state index in [0.29, 0.717) is 10.8 Å². The zero-order chi connectivity index (χ0) is 17.4. The first-order valence-corrected chi connectivity index (χ1v) is 7.66. The van der Waals surface area contributed by atoms with Gasteiger partial charge in [-0.3, -0.25) is 14.6 Å². The van der Waals surface area contributed by atoms with Gasteiger partial charge in [0.15, 0.2) is 0 Å². The minimum atomic E-state index is -0.724. The molecule has 3 aromatic rings. The SMILES string of the molecule is O=C(Cc1nccc2ccccc12)ON1C(=O)c2ccccc2C1=O. The number of imide groups is 1. The summed E-state index contributed by atoms with van der Waals surface area (Å²) in [6, 6.07) is 15.7. The fraction of sp³-hybridized carbons (Fsp3) is 0.0526. The van der Waals surface area contributed by atoms with Gasteiger partial charge in [-0.2, -0.15) is 0 Å². The Labute approximate surface area is 142 Å². The van der Waals surface area contributed by atoms with Crippen molar-refractivity contribution in [2.45, 2.75) is 6.42 Å². The Morgan fingerprint density at radius 3 is 2.28 bits per heavy atom. The Kier molecular flexibility index (Phi) is 3.50. The molecule has 0 atom stereocenters. The van der Waals surface area contributed by atoms with Crippen LogP contribution < -0.4 is 0 Å². The van der Waals surface area contributed by atoms with Crippen molar-refractivity contribution < 1.29 is 19.2 Å². The number of rotatable bonds is 3. The molecule has 25 heavy (non-hydrogen) atoms. The van der Waals surface area contributed by atoms with Crippen molar-refractivity contribution in [3.8, 4) is 0 Å². The van der Waals surface area contributed by atoms with Crippen LogP contribution >= 0.6 is 0 Å². The van der Waals surface area contributed by atoms with E-state index in [1.54, 1.807) is 18.3 Å². The number of carbonyl (C=O) groups excluding carboxylic acids is 3. The van der Waals surface area contributed by atoms with Crippen LogP contribution in [0.1, 0.15) is 26.4 Å². The molecule has 0 saturated carbocycles. The standard InChI is InChI=1S/C19H12N2O4/c22-17(11-16-13-6-2-1-5-12(13)9-10-20-16)25-21-18(23)14-7-3-4-8-15(14)19(21)24/h1-10H,11H2. The lowest BCUT2D eigenvalue weighted by atomic mass is 10.1. The smallest absolute Gasteiger partial charge is 0.329 e. The highest BCUT2D eigenvalue weighted by molar-refractivity contribution is 6.20. The molecule has 0 radical (unpaired) electrons. The molecule has 0 N–H and O–H groups in total. The summed E-state index contributed by atoms with van der Waals surface area (Å²) in [7, 11) is 0. The normalized spacial score (nSPS) is 13.2. The monoisotopic (exact) mass is 332 g/mol. The second-order valence-corrected chi connectivity index (χ2v) is 5.57. The molecular formula is C19H12N2O4. The van der Waals surface area contributed by atoms with E-state index in [-0.39, 0.29) is 17.5 Å². The molecule has 1 aliphatic rings. The van der Waals surface area contributed by atoms with Gasteiger partial charge in [-0.25, -0.2) is 4.79 Å². The minimum Gasteiger partial charge on any atom is -0.329 e. The highest BCUT2D eigenvalue weighted by atomic mass is 16.7. The predicted octanol–water partition coefficient (Wildman–Crippen LogP) is 2.53. The molecule has 0 fully saturated rings. The maximum absolute atomic E-state index is 12.2. The summed E-state index contributed by atoms with van der Waals surface area (Å²) < 4.78 is 0. The molecule has 0 bridgehead atoms. The first-order chi connectivity index (χ1) is 12.1. The number of fused-ring (bicyclic) bond motifs is 2. The molecule has 6 heteroatoms. The molecule has 0 aliphatic carbocycles. The van der Waals surface area contributed by atoms with Gasteiger partial charge in [0.05, 0.1) is 23.2 Å². The Balaban J connectivity index is 1.55. The molecule has 1 aromatic heterocycles. The van der Waals surface area contributed by atoms with E-state index in [0.717, 1.165) is 10.8 Å². The van der Waals surface area contributed by atoms with Crippen LogP contribution in [0.5, 0.6) is 0 Å². The summed E-state index contributed by atoms with van der Waals surface area (Å²) in [6.07, 6.45) is 1.46. The van der Waals surface area contributed by atoms with Gasteiger partial charge >= 0.3 is 5.97 Å². The van der Waals surface area contributed by atoms with Crippen LogP contribution in [0.25, 0.3) is 10.8 Å². The molecule has 0 saturated heterocycles. The molecule has 122 valence electrons. The summed E-state index contributed by atoms with van der Waals surface area (Å²) in [5, 5.41) is 2.28. The predicted molar refractivity (Wildman–Crippen MR) is 88.5 cm³/mol. The van der Waals surface area contributed by atoms with Gasteiger partial charge in [0, 0.05) is 11.6 Å². The molecule has 2 amide bonds. The Morgan fingerprint density at radius 2 is 1.56 bits per heavy atom. The van der Waals surface area contributed by atoms with E-state index in [9.17, 15) is 14.4 Å². The zero-order valence-electron chi connectivity index (χ0n) is 13.0. The van der Waals surface area contributed by atoms with Gasteiger partial charge in [-0.05, 0) is 23.6 Å². The number of hydroxylamine groups is 2.